The van der Waals surface area contributed by atoms with Gasteiger partial charge in [-0.15, -0.1) is 23.1 Å². The Morgan fingerprint density at radius 2 is 1.89 bits per heavy atom. The van der Waals surface area contributed by atoms with Gasteiger partial charge in [0.1, 0.15) is 5.01 Å². The Labute approximate surface area is 166 Å². The van der Waals surface area contributed by atoms with E-state index in [0.717, 1.165) is 25.8 Å². The van der Waals surface area contributed by atoms with Gasteiger partial charge in [0.15, 0.2) is 0 Å². The van der Waals surface area contributed by atoms with Crippen LogP contribution in [0.3, 0.4) is 0 Å². The summed E-state index contributed by atoms with van der Waals surface area (Å²) in [6, 6.07) is 15.5. The number of anilines is 1. The molecule has 0 aliphatic carbocycles. The number of thiazole rings is 1. The largest absolute Gasteiger partial charge is 0.338 e. The number of fused-ring (bicyclic) bond motifs is 1. The maximum absolute atomic E-state index is 12.7. The van der Waals surface area contributed by atoms with Crippen molar-refractivity contribution in [3.63, 3.8) is 0 Å². The molecule has 0 aliphatic heterocycles. The average molecular weight is 400 g/mol. The van der Waals surface area contributed by atoms with Gasteiger partial charge in [0.25, 0.3) is 0 Å². The second-order valence-corrected chi connectivity index (χ2v) is 8.76. The summed E-state index contributed by atoms with van der Waals surface area (Å²) in [6.45, 7) is 3.89. The van der Waals surface area contributed by atoms with E-state index >= 15 is 0 Å². The van der Waals surface area contributed by atoms with E-state index in [4.69, 9.17) is 0 Å². The van der Waals surface area contributed by atoms with E-state index in [1.54, 1.807) is 16.2 Å². The minimum atomic E-state index is -0.212. The third-order valence-electron chi connectivity index (χ3n) is 3.92. The van der Waals surface area contributed by atoms with Crippen molar-refractivity contribution in [2.75, 3.05) is 12.4 Å². The lowest BCUT2D eigenvalue weighted by atomic mass is 10.3. The summed E-state index contributed by atoms with van der Waals surface area (Å²) < 4.78 is 1.13. The van der Waals surface area contributed by atoms with Crippen molar-refractivity contribution in [3.8, 4) is 0 Å². The Bertz CT molecular complexity index is 920. The molecule has 2 amide bonds. The van der Waals surface area contributed by atoms with Crippen LogP contribution < -0.4 is 5.32 Å². The molecule has 5 nitrogen and oxygen atoms in total. The summed E-state index contributed by atoms with van der Waals surface area (Å²) in [4.78, 5) is 31.1. The fraction of sp³-hybridized carbons (Fsp3) is 0.250. The quantitative estimate of drug-likeness (QED) is 0.624. The molecule has 1 atom stereocenters. The molecule has 7 heteroatoms. The Kier molecular flexibility index (Phi) is 6.13. The number of amides is 2. The highest BCUT2D eigenvalue weighted by Crippen LogP contribution is 2.27. The molecule has 0 radical (unpaired) electrons. The molecular weight excluding hydrogens is 378 g/mol. The third kappa shape index (κ3) is 5.08. The van der Waals surface area contributed by atoms with E-state index < -0.39 is 0 Å². The van der Waals surface area contributed by atoms with E-state index in [-0.39, 0.29) is 17.1 Å². The predicted octanol–water partition coefficient (Wildman–Crippen LogP) is 4.39. The first-order chi connectivity index (χ1) is 12.9. The first-order valence-electron chi connectivity index (χ1n) is 8.56. The molecule has 3 rings (SSSR count). The van der Waals surface area contributed by atoms with E-state index in [0.29, 0.717) is 6.54 Å². The molecule has 1 N–H and O–H groups in total. The lowest BCUT2D eigenvalue weighted by molar-refractivity contribution is -0.129. The van der Waals surface area contributed by atoms with Gasteiger partial charge in [-0.1, -0.05) is 12.1 Å². The molecule has 2 aromatic carbocycles. The van der Waals surface area contributed by atoms with Gasteiger partial charge >= 0.3 is 0 Å². The third-order valence-corrected chi connectivity index (χ3v) is 6.04. The Morgan fingerprint density at radius 1 is 1.19 bits per heavy atom. The molecule has 3 aromatic rings. The number of rotatable bonds is 6. The minimum Gasteiger partial charge on any atom is -0.338 e. The van der Waals surface area contributed by atoms with Crippen LogP contribution in [0.25, 0.3) is 10.2 Å². The summed E-state index contributed by atoms with van der Waals surface area (Å²) in [7, 11) is 1.81. The van der Waals surface area contributed by atoms with Crippen molar-refractivity contribution >= 4 is 50.8 Å². The van der Waals surface area contributed by atoms with E-state index in [9.17, 15) is 9.59 Å². The normalized spacial score (nSPS) is 12.0. The van der Waals surface area contributed by atoms with Gasteiger partial charge in [0.2, 0.25) is 11.8 Å². The summed E-state index contributed by atoms with van der Waals surface area (Å²) >= 11 is 3.12. The second kappa shape index (κ2) is 8.54. The fourth-order valence-corrected chi connectivity index (χ4v) is 4.66. The van der Waals surface area contributed by atoms with Gasteiger partial charge < -0.3 is 10.2 Å². The number of nitrogens with zero attached hydrogens (tertiary/aromatic N) is 2. The standard InChI is InChI=1S/C20H21N3O2S2/c1-13(26-16-10-8-15(9-11-16)21-14(2)24)20(25)23(3)12-19-22-17-6-4-5-7-18(17)27-19/h4-11,13H,12H2,1-3H3,(H,21,24). The van der Waals surface area contributed by atoms with Crippen LogP contribution in [0.1, 0.15) is 18.9 Å². The van der Waals surface area contributed by atoms with Crippen LogP contribution >= 0.6 is 23.1 Å². The maximum atomic E-state index is 12.7. The molecule has 0 spiro atoms. The molecule has 1 unspecified atom stereocenters. The van der Waals surface area contributed by atoms with Gasteiger partial charge in [-0.05, 0) is 43.3 Å². The lowest BCUT2D eigenvalue weighted by Crippen LogP contribution is -2.32. The summed E-state index contributed by atoms with van der Waals surface area (Å²) in [6.07, 6.45) is 0. The highest BCUT2D eigenvalue weighted by molar-refractivity contribution is 8.00. The summed E-state index contributed by atoms with van der Waals surface area (Å²) in [5.74, 6) is -0.0411. The zero-order valence-corrected chi connectivity index (χ0v) is 17.1. The molecule has 0 bridgehead atoms. The van der Waals surface area contributed by atoms with Crippen molar-refractivity contribution in [2.45, 2.75) is 30.5 Å². The second-order valence-electron chi connectivity index (χ2n) is 6.24. The van der Waals surface area contributed by atoms with Crippen LogP contribution in [-0.4, -0.2) is 34.0 Å². The number of hydrogen-bond donors (Lipinski definition) is 1. The van der Waals surface area contributed by atoms with Gasteiger partial charge in [0, 0.05) is 24.6 Å². The Hall–Kier alpha value is -2.38. The van der Waals surface area contributed by atoms with Gasteiger partial charge in [-0.3, -0.25) is 9.59 Å². The fourth-order valence-electron chi connectivity index (χ4n) is 2.65. The van der Waals surface area contributed by atoms with Crippen LogP contribution in [0.15, 0.2) is 53.4 Å². The number of hydrogen-bond acceptors (Lipinski definition) is 5. The molecule has 0 saturated heterocycles. The van der Waals surface area contributed by atoms with Crippen LogP contribution in [0.4, 0.5) is 5.69 Å². The topological polar surface area (TPSA) is 62.3 Å². The van der Waals surface area contributed by atoms with Crippen LogP contribution in [0.5, 0.6) is 0 Å². The van der Waals surface area contributed by atoms with Gasteiger partial charge in [-0.25, -0.2) is 4.98 Å². The number of benzene rings is 2. The highest BCUT2D eigenvalue weighted by Gasteiger charge is 2.20. The Morgan fingerprint density at radius 3 is 2.56 bits per heavy atom. The summed E-state index contributed by atoms with van der Waals surface area (Å²) in [5, 5.41) is 3.46. The highest BCUT2D eigenvalue weighted by atomic mass is 32.2. The van der Waals surface area contributed by atoms with Crippen LogP contribution in [-0.2, 0) is 16.1 Å². The number of aromatic nitrogens is 1. The molecule has 1 aromatic heterocycles. The van der Waals surface area contributed by atoms with Crippen LogP contribution in [0.2, 0.25) is 0 Å². The van der Waals surface area contributed by atoms with Crippen molar-refractivity contribution in [3.05, 3.63) is 53.5 Å². The van der Waals surface area contributed by atoms with Crippen molar-refractivity contribution < 1.29 is 9.59 Å². The predicted molar refractivity (Wildman–Crippen MR) is 112 cm³/mol. The van der Waals surface area contributed by atoms with Gasteiger partial charge in [0.05, 0.1) is 22.0 Å². The monoisotopic (exact) mass is 399 g/mol. The molecule has 27 heavy (non-hydrogen) atoms. The van der Waals surface area contributed by atoms with Crippen molar-refractivity contribution in [1.82, 2.24) is 9.88 Å². The summed E-state index contributed by atoms with van der Waals surface area (Å²) in [5.41, 5.74) is 1.72. The molecule has 0 fully saturated rings. The molecular formula is C20H21N3O2S2. The van der Waals surface area contributed by atoms with Gasteiger partial charge in [-0.2, -0.15) is 0 Å². The minimum absolute atomic E-state index is 0.0604. The average Bonchev–Trinajstić information content (AvgIpc) is 3.04. The number of para-hydroxylation sites is 1. The van der Waals surface area contributed by atoms with Crippen molar-refractivity contribution in [2.24, 2.45) is 0 Å². The Balaban J connectivity index is 1.59. The lowest BCUT2D eigenvalue weighted by Gasteiger charge is -2.20. The first-order valence-corrected chi connectivity index (χ1v) is 10.3. The number of carbonyl (C=O) groups excluding carboxylic acids is 2. The maximum Gasteiger partial charge on any atom is 0.235 e. The van der Waals surface area contributed by atoms with E-state index in [2.05, 4.69) is 10.3 Å². The number of thioether (sulfide) groups is 1. The molecule has 140 valence electrons. The van der Waals surface area contributed by atoms with Crippen LogP contribution in [0, 0.1) is 0 Å². The number of carbonyl (C=O) groups is 2. The zero-order chi connectivity index (χ0) is 19.4. The van der Waals surface area contributed by atoms with E-state index in [1.807, 2.05) is 62.5 Å². The number of nitrogens with one attached hydrogen (secondary N) is 1. The first kappa shape index (κ1) is 19.4. The van der Waals surface area contributed by atoms with E-state index in [1.165, 1.54) is 18.7 Å². The molecule has 0 aliphatic rings. The zero-order valence-electron chi connectivity index (χ0n) is 15.4. The molecule has 1 heterocycles. The SMILES string of the molecule is CC(=O)Nc1ccc(SC(C)C(=O)N(C)Cc2nc3ccccc3s2)cc1. The van der Waals surface area contributed by atoms with Crippen molar-refractivity contribution in [1.29, 1.82) is 0 Å². The molecule has 0 saturated carbocycles. The smallest absolute Gasteiger partial charge is 0.235 e.